The van der Waals surface area contributed by atoms with Crippen molar-refractivity contribution >= 4 is 11.8 Å². The van der Waals surface area contributed by atoms with Crippen molar-refractivity contribution in [2.45, 2.75) is 40.1 Å². The smallest absolute Gasteiger partial charge is 0.303 e. The molecule has 5 nitrogen and oxygen atoms in total. The van der Waals surface area contributed by atoms with E-state index < -0.39 is 24.1 Å². The largest absolute Gasteiger partial charge is 0.450 e. The first kappa shape index (κ1) is 15.6. The third kappa shape index (κ3) is 7.50. The lowest BCUT2D eigenvalue weighted by Gasteiger charge is -2.12. The van der Waals surface area contributed by atoms with Gasteiger partial charge in [-0.3, -0.25) is 9.59 Å². The minimum atomic E-state index is -0.970. The first-order valence-electron chi connectivity index (χ1n) is 5.47. The molecule has 17 heavy (non-hydrogen) atoms. The highest BCUT2D eigenvalue weighted by atomic mass is 16.7. The second kappa shape index (κ2) is 8.74. The number of carbonyl (C=O) groups excluding carboxylic acids is 2. The van der Waals surface area contributed by atoms with Crippen molar-refractivity contribution in [2.24, 2.45) is 0 Å². The van der Waals surface area contributed by atoms with Gasteiger partial charge in [0, 0.05) is 20.1 Å². The van der Waals surface area contributed by atoms with Gasteiger partial charge >= 0.3 is 5.97 Å². The van der Waals surface area contributed by atoms with Crippen molar-refractivity contribution in [3.63, 3.8) is 0 Å². The summed E-state index contributed by atoms with van der Waals surface area (Å²) in [6.45, 7) is 7.10. The average molecular weight is 242 g/mol. The number of ether oxygens (including phenoxy) is 3. The number of carbonyl (C=O) groups is 2. The summed E-state index contributed by atoms with van der Waals surface area (Å²) in [5.41, 5.74) is 0. The van der Waals surface area contributed by atoms with E-state index >= 15 is 0 Å². The van der Waals surface area contributed by atoms with Crippen LogP contribution in [-0.4, -0.2) is 37.4 Å². The van der Waals surface area contributed by atoms with Gasteiger partial charge in [0.2, 0.25) is 6.29 Å². The first-order valence-corrected chi connectivity index (χ1v) is 5.47. The molecule has 0 amide bonds. The lowest BCUT2D eigenvalue weighted by atomic mass is 10.3. The van der Waals surface area contributed by atoms with E-state index in [4.69, 9.17) is 14.2 Å². The molecule has 0 fully saturated rings. The lowest BCUT2D eigenvalue weighted by molar-refractivity contribution is -0.162. The molecule has 96 valence electrons. The van der Waals surface area contributed by atoms with Crippen molar-refractivity contribution in [3.05, 3.63) is 0 Å². The van der Waals surface area contributed by atoms with Crippen molar-refractivity contribution < 1.29 is 23.8 Å². The Morgan fingerprint density at radius 3 is 2.12 bits per heavy atom. The van der Waals surface area contributed by atoms with Gasteiger partial charge in [0.05, 0.1) is 0 Å². The predicted octanol–water partition coefficient (Wildman–Crippen LogP) is 0.910. The second-order valence-corrected chi connectivity index (χ2v) is 3.13. The molecule has 0 aliphatic rings. The molecule has 0 aliphatic heterocycles. The minimum Gasteiger partial charge on any atom is -0.450 e. The molecular weight excluding hydrogens is 224 g/mol. The van der Waals surface area contributed by atoms with Crippen molar-refractivity contribution in [1.29, 1.82) is 0 Å². The Morgan fingerprint density at radius 1 is 1.18 bits per heavy atom. The Balaban J connectivity index is 4.37. The molecule has 0 saturated carbocycles. The molecule has 0 bridgehead atoms. The van der Waals surface area contributed by atoms with E-state index in [0.29, 0.717) is 13.2 Å². The maximum absolute atomic E-state index is 11.5. The number of Topliss-reactive ketones (excluding diaryl/α,β-unsaturated/α-hetero) is 1. The van der Waals surface area contributed by atoms with Gasteiger partial charge in [-0.15, -0.1) is 0 Å². The van der Waals surface area contributed by atoms with Gasteiger partial charge in [-0.05, 0) is 26.7 Å². The average Bonchev–Trinajstić information content (AvgIpc) is 2.24. The van der Waals surface area contributed by atoms with Crippen LogP contribution in [0.4, 0.5) is 0 Å². The van der Waals surface area contributed by atoms with E-state index in [1.165, 1.54) is 6.92 Å². The molecule has 0 saturated heterocycles. The Hall–Kier alpha value is -1.38. The van der Waals surface area contributed by atoms with Crippen LogP contribution in [0.2, 0.25) is 0 Å². The molecule has 0 radical (unpaired) electrons. The summed E-state index contributed by atoms with van der Waals surface area (Å²) in [7, 11) is 0. The third-order valence-corrected chi connectivity index (χ3v) is 1.59. The molecule has 5 heteroatoms. The Kier molecular flexibility index (Phi) is 8.03. The second-order valence-electron chi connectivity index (χ2n) is 3.13. The number of rotatable bonds is 6. The number of esters is 1. The maximum Gasteiger partial charge on any atom is 0.303 e. The molecule has 0 aromatic carbocycles. The summed E-state index contributed by atoms with van der Waals surface area (Å²) in [4.78, 5) is 22.2. The van der Waals surface area contributed by atoms with Gasteiger partial charge in [-0.1, -0.05) is 5.92 Å². The van der Waals surface area contributed by atoms with E-state index in [2.05, 4.69) is 11.8 Å². The molecule has 0 heterocycles. The van der Waals surface area contributed by atoms with Crippen LogP contribution in [0.1, 0.15) is 27.7 Å². The van der Waals surface area contributed by atoms with Crippen LogP contribution in [-0.2, 0) is 23.8 Å². The van der Waals surface area contributed by atoms with Crippen LogP contribution in [0.25, 0.3) is 0 Å². The third-order valence-electron chi connectivity index (χ3n) is 1.59. The van der Waals surface area contributed by atoms with Gasteiger partial charge in [0.1, 0.15) is 0 Å². The highest BCUT2D eigenvalue weighted by Crippen LogP contribution is 1.97. The van der Waals surface area contributed by atoms with Crippen LogP contribution in [0, 0.1) is 11.8 Å². The van der Waals surface area contributed by atoms with Gasteiger partial charge in [-0.25, -0.2) is 0 Å². The summed E-state index contributed by atoms with van der Waals surface area (Å²) in [6, 6.07) is 0. The molecule has 0 aromatic heterocycles. The van der Waals surface area contributed by atoms with Gasteiger partial charge in [0.25, 0.3) is 5.78 Å². The monoisotopic (exact) mass is 242 g/mol. The molecule has 0 rings (SSSR count). The molecule has 0 spiro atoms. The Bertz CT molecular complexity index is 307. The van der Waals surface area contributed by atoms with Crippen LogP contribution >= 0.6 is 0 Å². The van der Waals surface area contributed by atoms with Crippen LogP contribution in [0.3, 0.4) is 0 Å². The molecule has 0 N–H and O–H groups in total. The lowest BCUT2D eigenvalue weighted by Crippen LogP contribution is -2.26. The summed E-state index contributed by atoms with van der Waals surface area (Å²) in [6.07, 6.45) is -1.60. The zero-order valence-corrected chi connectivity index (χ0v) is 10.6. The van der Waals surface area contributed by atoms with E-state index in [0.717, 1.165) is 0 Å². The molecular formula is C12H18O5. The van der Waals surface area contributed by atoms with Crippen molar-refractivity contribution in [3.8, 4) is 11.8 Å². The molecule has 0 aromatic rings. The number of hydrogen-bond acceptors (Lipinski definition) is 5. The fraction of sp³-hybridized carbons (Fsp3) is 0.667. The normalized spacial score (nSPS) is 11.6. The highest BCUT2D eigenvalue weighted by molar-refractivity contribution is 5.98. The van der Waals surface area contributed by atoms with Crippen LogP contribution in [0.15, 0.2) is 0 Å². The maximum atomic E-state index is 11.5. The van der Waals surface area contributed by atoms with E-state index in [9.17, 15) is 9.59 Å². The first-order chi connectivity index (χ1) is 8.01. The fourth-order valence-electron chi connectivity index (χ4n) is 1.01. The van der Waals surface area contributed by atoms with Gasteiger partial charge in [0.15, 0.2) is 6.10 Å². The molecule has 1 atom stereocenters. The topological polar surface area (TPSA) is 61.8 Å². The quantitative estimate of drug-likeness (QED) is 0.300. The van der Waals surface area contributed by atoms with E-state index in [1.807, 2.05) is 0 Å². The number of hydrogen-bond donors (Lipinski definition) is 0. The predicted molar refractivity (Wildman–Crippen MR) is 61.1 cm³/mol. The highest BCUT2D eigenvalue weighted by Gasteiger charge is 2.16. The molecule has 0 aliphatic carbocycles. The summed E-state index contributed by atoms with van der Waals surface area (Å²) in [5, 5.41) is 0. The summed E-state index contributed by atoms with van der Waals surface area (Å²) in [5.74, 6) is 3.93. The van der Waals surface area contributed by atoms with E-state index in [1.54, 1.807) is 20.8 Å². The summed E-state index contributed by atoms with van der Waals surface area (Å²) >= 11 is 0. The zero-order valence-electron chi connectivity index (χ0n) is 10.6. The number of ketones is 1. The Morgan fingerprint density at radius 2 is 1.71 bits per heavy atom. The minimum absolute atomic E-state index is 0.359. The van der Waals surface area contributed by atoms with Crippen LogP contribution < -0.4 is 0 Å². The standard InChI is InChI=1S/C12H18O5/c1-5-15-12(16-6-2)11(14)8-7-9(3)17-10(4)13/h9,12H,5-6H2,1-4H3. The fourth-order valence-corrected chi connectivity index (χ4v) is 1.01. The van der Waals surface area contributed by atoms with E-state index in [-0.39, 0.29) is 0 Å². The SMILES string of the molecule is CCOC(OCC)C(=O)C#CC(C)OC(C)=O. The van der Waals surface area contributed by atoms with Gasteiger partial charge in [-0.2, -0.15) is 0 Å². The van der Waals surface area contributed by atoms with Crippen molar-refractivity contribution in [1.82, 2.24) is 0 Å². The van der Waals surface area contributed by atoms with Gasteiger partial charge < -0.3 is 14.2 Å². The van der Waals surface area contributed by atoms with Crippen LogP contribution in [0.5, 0.6) is 0 Å². The zero-order chi connectivity index (χ0) is 13.3. The molecule has 1 unspecified atom stereocenters. The Labute approximate surface area is 101 Å². The van der Waals surface area contributed by atoms with Crippen molar-refractivity contribution in [2.75, 3.05) is 13.2 Å². The summed E-state index contributed by atoms with van der Waals surface area (Å²) < 4.78 is 14.9.